The molecule has 168 valence electrons. The summed E-state index contributed by atoms with van der Waals surface area (Å²) in [6.45, 7) is 3.60. The molecular weight excluding hydrogens is 423 g/mol. The molecule has 0 saturated heterocycles. The summed E-state index contributed by atoms with van der Waals surface area (Å²) in [7, 11) is 1.61. The van der Waals surface area contributed by atoms with Crippen LogP contribution >= 0.6 is 0 Å². The number of ether oxygens (including phenoxy) is 1. The van der Waals surface area contributed by atoms with Crippen molar-refractivity contribution in [2.24, 2.45) is 0 Å². The van der Waals surface area contributed by atoms with Crippen molar-refractivity contribution >= 4 is 17.5 Å². The van der Waals surface area contributed by atoms with Gasteiger partial charge in [0.05, 0.1) is 29.6 Å². The van der Waals surface area contributed by atoms with Crippen molar-refractivity contribution in [2.75, 3.05) is 25.1 Å². The van der Waals surface area contributed by atoms with Gasteiger partial charge in [-0.1, -0.05) is 6.07 Å². The van der Waals surface area contributed by atoms with Gasteiger partial charge in [0.2, 0.25) is 5.91 Å². The summed E-state index contributed by atoms with van der Waals surface area (Å²) in [6, 6.07) is 16.2. The van der Waals surface area contributed by atoms with Crippen LogP contribution in [0.2, 0.25) is 0 Å². The standard InChI is InChI=1S/C25H23FN4O3/c1-16-4-10-21(29-24(16)19-6-8-20(26)9-7-19)25(32)28-12-13-33-23-14-18(15-27)5-11-22(23)30(3)17(2)31/h4-11,14H,12-13H2,1-3H3,(H,28,32). The Morgan fingerprint density at radius 3 is 2.55 bits per heavy atom. The molecule has 0 unspecified atom stereocenters. The molecule has 0 fully saturated rings. The Hall–Kier alpha value is -4.25. The van der Waals surface area contributed by atoms with E-state index in [-0.39, 0.29) is 36.5 Å². The number of carbonyl (C=O) groups is 2. The molecule has 0 bridgehead atoms. The van der Waals surface area contributed by atoms with Gasteiger partial charge in [-0.2, -0.15) is 5.26 Å². The molecule has 0 aliphatic carbocycles. The Balaban J connectivity index is 1.66. The molecule has 0 atom stereocenters. The lowest BCUT2D eigenvalue weighted by molar-refractivity contribution is -0.116. The Bertz CT molecular complexity index is 1220. The molecule has 0 aliphatic rings. The van der Waals surface area contributed by atoms with E-state index in [0.717, 1.165) is 5.56 Å². The van der Waals surface area contributed by atoms with Crippen LogP contribution in [0.4, 0.5) is 10.1 Å². The van der Waals surface area contributed by atoms with Crippen LogP contribution in [-0.4, -0.2) is 37.0 Å². The predicted molar refractivity (Wildman–Crippen MR) is 122 cm³/mol. The molecule has 2 amide bonds. The van der Waals surface area contributed by atoms with Gasteiger partial charge in [0.25, 0.3) is 5.91 Å². The van der Waals surface area contributed by atoms with Crippen molar-refractivity contribution in [3.05, 3.63) is 77.2 Å². The second-order valence-corrected chi connectivity index (χ2v) is 7.35. The highest BCUT2D eigenvalue weighted by molar-refractivity contribution is 5.93. The first-order valence-corrected chi connectivity index (χ1v) is 10.2. The molecule has 1 aromatic heterocycles. The van der Waals surface area contributed by atoms with E-state index in [1.165, 1.54) is 24.0 Å². The summed E-state index contributed by atoms with van der Waals surface area (Å²) < 4.78 is 19.0. The SMILES string of the molecule is CC(=O)N(C)c1ccc(C#N)cc1OCCNC(=O)c1ccc(C)c(-c2ccc(F)cc2)n1. The van der Waals surface area contributed by atoms with Gasteiger partial charge in [-0.05, 0) is 55.0 Å². The molecule has 33 heavy (non-hydrogen) atoms. The molecule has 1 N–H and O–H groups in total. The van der Waals surface area contributed by atoms with Crippen molar-refractivity contribution < 1.29 is 18.7 Å². The van der Waals surface area contributed by atoms with E-state index in [9.17, 15) is 14.0 Å². The van der Waals surface area contributed by atoms with E-state index in [2.05, 4.69) is 10.3 Å². The van der Waals surface area contributed by atoms with Gasteiger partial charge < -0.3 is 15.0 Å². The first kappa shape index (κ1) is 23.4. The fourth-order valence-corrected chi connectivity index (χ4v) is 3.12. The highest BCUT2D eigenvalue weighted by Crippen LogP contribution is 2.29. The summed E-state index contributed by atoms with van der Waals surface area (Å²) in [6.07, 6.45) is 0. The summed E-state index contributed by atoms with van der Waals surface area (Å²) in [4.78, 5) is 30.2. The number of anilines is 1. The molecule has 8 heteroatoms. The second-order valence-electron chi connectivity index (χ2n) is 7.35. The maximum Gasteiger partial charge on any atom is 0.270 e. The van der Waals surface area contributed by atoms with E-state index in [0.29, 0.717) is 28.3 Å². The number of amides is 2. The Morgan fingerprint density at radius 1 is 1.15 bits per heavy atom. The Morgan fingerprint density at radius 2 is 1.88 bits per heavy atom. The fraction of sp³-hybridized carbons (Fsp3) is 0.200. The average molecular weight is 446 g/mol. The van der Waals surface area contributed by atoms with Crippen LogP contribution in [0.5, 0.6) is 5.75 Å². The number of hydrogen-bond acceptors (Lipinski definition) is 5. The van der Waals surface area contributed by atoms with Gasteiger partial charge >= 0.3 is 0 Å². The van der Waals surface area contributed by atoms with Gasteiger partial charge in [-0.25, -0.2) is 9.37 Å². The van der Waals surface area contributed by atoms with Gasteiger partial charge in [0.1, 0.15) is 23.9 Å². The van der Waals surface area contributed by atoms with Gasteiger partial charge in [-0.15, -0.1) is 0 Å². The molecule has 3 aromatic rings. The van der Waals surface area contributed by atoms with Crippen LogP contribution in [0.25, 0.3) is 11.3 Å². The van der Waals surface area contributed by atoms with Crippen molar-refractivity contribution in [3.8, 4) is 23.1 Å². The number of carbonyl (C=O) groups excluding carboxylic acids is 2. The fourth-order valence-electron chi connectivity index (χ4n) is 3.12. The number of halogens is 1. The summed E-state index contributed by atoms with van der Waals surface area (Å²) in [5.74, 6) is -0.537. The summed E-state index contributed by atoms with van der Waals surface area (Å²) >= 11 is 0. The predicted octanol–water partition coefficient (Wildman–Crippen LogP) is 3.86. The van der Waals surface area contributed by atoms with Crippen LogP contribution in [0.1, 0.15) is 28.5 Å². The first-order valence-electron chi connectivity index (χ1n) is 10.2. The van der Waals surface area contributed by atoms with Gasteiger partial charge in [0, 0.05) is 25.6 Å². The quantitative estimate of drug-likeness (QED) is 0.556. The number of nitrogens with one attached hydrogen (secondary N) is 1. The smallest absolute Gasteiger partial charge is 0.270 e. The van der Waals surface area contributed by atoms with Crippen molar-refractivity contribution in [1.82, 2.24) is 10.3 Å². The number of pyridine rings is 1. The highest BCUT2D eigenvalue weighted by atomic mass is 19.1. The first-order chi connectivity index (χ1) is 15.8. The number of aryl methyl sites for hydroxylation is 1. The van der Waals surface area contributed by atoms with Crippen molar-refractivity contribution in [2.45, 2.75) is 13.8 Å². The lowest BCUT2D eigenvalue weighted by atomic mass is 10.1. The summed E-state index contributed by atoms with van der Waals surface area (Å²) in [5.41, 5.74) is 3.32. The average Bonchev–Trinajstić information content (AvgIpc) is 2.82. The minimum atomic E-state index is -0.381. The zero-order valence-corrected chi connectivity index (χ0v) is 18.6. The topological polar surface area (TPSA) is 95.3 Å². The van der Waals surface area contributed by atoms with Crippen LogP contribution in [0.3, 0.4) is 0 Å². The van der Waals surface area contributed by atoms with Crippen LogP contribution in [0.15, 0.2) is 54.6 Å². The Labute approximate surface area is 191 Å². The van der Waals surface area contributed by atoms with Crippen molar-refractivity contribution in [1.29, 1.82) is 5.26 Å². The number of rotatable bonds is 7. The number of hydrogen-bond donors (Lipinski definition) is 1. The van der Waals surface area contributed by atoms with E-state index in [1.807, 2.05) is 13.0 Å². The van der Waals surface area contributed by atoms with Crippen LogP contribution in [-0.2, 0) is 4.79 Å². The third-order valence-electron chi connectivity index (χ3n) is 5.02. The molecule has 7 nitrogen and oxygen atoms in total. The third kappa shape index (κ3) is 5.71. The van der Waals surface area contributed by atoms with E-state index in [4.69, 9.17) is 10.00 Å². The monoisotopic (exact) mass is 446 g/mol. The number of aromatic nitrogens is 1. The minimum Gasteiger partial charge on any atom is -0.490 e. The molecular formula is C25H23FN4O3. The molecule has 0 saturated carbocycles. The second kappa shape index (κ2) is 10.4. The van der Waals surface area contributed by atoms with E-state index < -0.39 is 0 Å². The zero-order chi connectivity index (χ0) is 24.0. The van der Waals surface area contributed by atoms with Crippen molar-refractivity contribution in [3.63, 3.8) is 0 Å². The molecule has 1 heterocycles. The number of nitrogens with zero attached hydrogens (tertiary/aromatic N) is 3. The highest BCUT2D eigenvalue weighted by Gasteiger charge is 2.14. The number of nitriles is 1. The van der Waals surface area contributed by atoms with Crippen LogP contribution in [0, 0.1) is 24.1 Å². The molecule has 0 spiro atoms. The van der Waals surface area contributed by atoms with E-state index >= 15 is 0 Å². The molecule has 3 rings (SSSR count). The maximum absolute atomic E-state index is 13.2. The maximum atomic E-state index is 13.2. The minimum absolute atomic E-state index is 0.121. The lowest BCUT2D eigenvalue weighted by Crippen LogP contribution is -2.29. The van der Waals surface area contributed by atoms with Crippen LogP contribution < -0.4 is 15.0 Å². The van der Waals surface area contributed by atoms with E-state index in [1.54, 1.807) is 49.5 Å². The Kier molecular flexibility index (Phi) is 7.36. The molecule has 2 aromatic carbocycles. The number of benzene rings is 2. The summed E-state index contributed by atoms with van der Waals surface area (Å²) in [5, 5.41) is 11.9. The largest absolute Gasteiger partial charge is 0.490 e. The normalized spacial score (nSPS) is 10.3. The third-order valence-corrected chi connectivity index (χ3v) is 5.02. The zero-order valence-electron chi connectivity index (χ0n) is 18.6. The lowest BCUT2D eigenvalue weighted by Gasteiger charge is -2.19. The molecule has 0 radical (unpaired) electrons. The van der Waals surface area contributed by atoms with Gasteiger partial charge in [0.15, 0.2) is 0 Å². The molecule has 0 aliphatic heterocycles. The van der Waals surface area contributed by atoms with Gasteiger partial charge in [-0.3, -0.25) is 9.59 Å².